The Bertz CT molecular complexity index is 654. The van der Waals surface area contributed by atoms with Crippen molar-refractivity contribution >= 4 is 10.0 Å². The first-order chi connectivity index (χ1) is 9.46. The fourth-order valence-electron chi connectivity index (χ4n) is 1.92. The highest BCUT2D eigenvalue weighted by molar-refractivity contribution is 7.88. The van der Waals surface area contributed by atoms with Crippen LogP contribution in [0.15, 0.2) is 54.6 Å². The van der Waals surface area contributed by atoms with Gasteiger partial charge in [0.15, 0.2) is 0 Å². The first kappa shape index (κ1) is 14.7. The number of halogens is 1. The van der Waals surface area contributed by atoms with Gasteiger partial charge in [-0.05, 0) is 30.2 Å². The van der Waals surface area contributed by atoms with Crippen molar-refractivity contribution in [2.75, 3.05) is 0 Å². The van der Waals surface area contributed by atoms with E-state index in [1.165, 1.54) is 24.3 Å². The summed E-state index contributed by atoms with van der Waals surface area (Å²) in [6, 6.07) is 14.5. The molecule has 0 heterocycles. The summed E-state index contributed by atoms with van der Waals surface area (Å²) in [5.41, 5.74) is 1.45. The Hall–Kier alpha value is -1.72. The van der Waals surface area contributed by atoms with Gasteiger partial charge in [-0.1, -0.05) is 42.5 Å². The van der Waals surface area contributed by atoms with E-state index < -0.39 is 10.0 Å². The minimum atomic E-state index is -3.47. The zero-order chi connectivity index (χ0) is 14.6. The summed E-state index contributed by atoms with van der Waals surface area (Å²) >= 11 is 0. The molecule has 0 saturated carbocycles. The molecule has 0 spiro atoms. The molecular weight excluding hydrogens is 277 g/mol. The Balaban J connectivity index is 2.06. The number of hydrogen-bond donors (Lipinski definition) is 1. The molecule has 3 nitrogen and oxygen atoms in total. The van der Waals surface area contributed by atoms with Gasteiger partial charge in [-0.2, -0.15) is 0 Å². The lowest BCUT2D eigenvalue weighted by atomic mass is 10.1. The van der Waals surface area contributed by atoms with E-state index in [2.05, 4.69) is 4.72 Å². The van der Waals surface area contributed by atoms with E-state index in [0.29, 0.717) is 5.56 Å². The Labute approximate surface area is 118 Å². The summed E-state index contributed by atoms with van der Waals surface area (Å²) in [4.78, 5) is 0. The van der Waals surface area contributed by atoms with Crippen LogP contribution >= 0.6 is 0 Å². The molecule has 0 bridgehead atoms. The third-order valence-electron chi connectivity index (χ3n) is 2.93. The van der Waals surface area contributed by atoms with E-state index >= 15 is 0 Å². The number of benzene rings is 2. The number of hydrogen-bond acceptors (Lipinski definition) is 2. The van der Waals surface area contributed by atoms with E-state index in [0.717, 1.165) is 5.56 Å². The minimum Gasteiger partial charge on any atom is -0.212 e. The van der Waals surface area contributed by atoms with Crippen molar-refractivity contribution in [3.8, 4) is 0 Å². The van der Waals surface area contributed by atoms with Crippen LogP contribution in [0.3, 0.4) is 0 Å². The zero-order valence-electron chi connectivity index (χ0n) is 11.1. The van der Waals surface area contributed by atoms with Crippen LogP contribution in [0, 0.1) is 5.82 Å². The fraction of sp³-hybridized carbons (Fsp3) is 0.200. The smallest absolute Gasteiger partial charge is 0.212 e. The van der Waals surface area contributed by atoms with E-state index in [-0.39, 0.29) is 17.6 Å². The molecule has 0 amide bonds. The standard InChI is InChI=1S/C15H16FNO2S/c1-12(14-5-3-2-4-6-14)17-20(18,19)11-13-7-9-15(16)10-8-13/h2-10,12,17H,11H2,1H3. The second kappa shape index (κ2) is 6.15. The highest BCUT2D eigenvalue weighted by atomic mass is 32.2. The lowest BCUT2D eigenvalue weighted by Crippen LogP contribution is -2.28. The van der Waals surface area contributed by atoms with Crippen molar-refractivity contribution in [1.29, 1.82) is 0 Å². The van der Waals surface area contributed by atoms with Gasteiger partial charge in [-0.3, -0.25) is 0 Å². The topological polar surface area (TPSA) is 46.2 Å². The van der Waals surface area contributed by atoms with E-state index in [1.807, 2.05) is 30.3 Å². The first-order valence-electron chi connectivity index (χ1n) is 6.26. The van der Waals surface area contributed by atoms with Crippen molar-refractivity contribution in [3.05, 3.63) is 71.5 Å². The molecule has 2 aromatic carbocycles. The third kappa shape index (κ3) is 4.15. The average Bonchev–Trinajstić information content (AvgIpc) is 2.41. The molecule has 0 radical (unpaired) electrons. The highest BCUT2D eigenvalue weighted by Gasteiger charge is 2.16. The van der Waals surface area contributed by atoms with Crippen molar-refractivity contribution in [1.82, 2.24) is 4.72 Å². The molecule has 0 saturated heterocycles. The summed E-state index contributed by atoms with van der Waals surface area (Å²) in [5.74, 6) is -0.540. The third-order valence-corrected chi connectivity index (χ3v) is 4.35. The van der Waals surface area contributed by atoms with Crippen LogP contribution in [0.4, 0.5) is 4.39 Å². The Morgan fingerprint density at radius 2 is 1.65 bits per heavy atom. The lowest BCUT2D eigenvalue weighted by Gasteiger charge is -2.14. The maximum Gasteiger partial charge on any atom is 0.216 e. The predicted octanol–water partition coefficient (Wildman–Crippen LogP) is 3.01. The van der Waals surface area contributed by atoms with Crippen LogP contribution in [0.2, 0.25) is 0 Å². The summed E-state index contributed by atoms with van der Waals surface area (Å²) in [6.45, 7) is 1.79. The van der Waals surface area contributed by atoms with Crippen molar-refractivity contribution in [2.24, 2.45) is 0 Å². The molecule has 106 valence electrons. The van der Waals surface area contributed by atoms with E-state index in [9.17, 15) is 12.8 Å². The summed E-state index contributed by atoms with van der Waals surface area (Å²) < 4.78 is 39.5. The summed E-state index contributed by atoms with van der Waals surface area (Å²) in [6.07, 6.45) is 0. The molecular formula is C15H16FNO2S. The van der Waals surface area contributed by atoms with Gasteiger partial charge in [0, 0.05) is 6.04 Å². The van der Waals surface area contributed by atoms with Gasteiger partial charge in [0.05, 0.1) is 5.75 Å². The molecule has 0 aromatic heterocycles. The molecule has 2 rings (SSSR count). The van der Waals surface area contributed by atoms with Crippen LogP contribution in [-0.4, -0.2) is 8.42 Å². The number of nitrogens with one attached hydrogen (secondary N) is 1. The normalized spacial score (nSPS) is 13.1. The van der Waals surface area contributed by atoms with Gasteiger partial charge >= 0.3 is 0 Å². The van der Waals surface area contributed by atoms with Crippen molar-refractivity contribution in [3.63, 3.8) is 0 Å². The van der Waals surface area contributed by atoms with Crippen LogP contribution in [0.25, 0.3) is 0 Å². The monoisotopic (exact) mass is 293 g/mol. The lowest BCUT2D eigenvalue weighted by molar-refractivity contribution is 0.566. The number of sulfonamides is 1. The molecule has 1 N–H and O–H groups in total. The molecule has 5 heteroatoms. The van der Waals surface area contributed by atoms with Crippen LogP contribution < -0.4 is 4.72 Å². The largest absolute Gasteiger partial charge is 0.216 e. The maximum atomic E-state index is 12.8. The number of rotatable bonds is 5. The second-order valence-corrected chi connectivity index (χ2v) is 6.39. The second-order valence-electron chi connectivity index (χ2n) is 4.64. The molecule has 1 unspecified atom stereocenters. The van der Waals surface area contributed by atoms with Gasteiger partial charge < -0.3 is 0 Å². The van der Waals surface area contributed by atoms with Gasteiger partial charge in [0.1, 0.15) is 5.82 Å². The Morgan fingerprint density at radius 1 is 1.05 bits per heavy atom. The Morgan fingerprint density at radius 3 is 2.25 bits per heavy atom. The van der Waals surface area contributed by atoms with Gasteiger partial charge in [-0.15, -0.1) is 0 Å². The molecule has 2 aromatic rings. The van der Waals surface area contributed by atoms with Gasteiger partial charge in [0.25, 0.3) is 0 Å². The van der Waals surface area contributed by atoms with Crippen LogP contribution in [0.1, 0.15) is 24.1 Å². The fourth-order valence-corrected chi connectivity index (χ4v) is 3.31. The molecule has 1 atom stereocenters. The molecule has 20 heavy (non-hydrogen) atoms. The summed E-state index contributed by atoms with van der Waals surface area (Å²) in [7, 11) is -3.47. The quantitative estimate of drug-likeness (QED) is 0.921. The van der Waals surface area contributed by atoms with E-state index in [1.54, 1.807) is 6.92 Å². The van der Waals surface area contributed by atoms with E-state index in [4.69, 9.17) is 0 Å². The molecule has 0 aliphatic rings. The highest BCUT2D eigenvalue weighted by Crippen LogP contribution is 2.14. The minimum absolute atomic E-state index is 0.162. The molecule has 0 aliphatic heterocycles. The predicted molar refractivity (Wildman–Crippen MR) is 77.0 cm³/mol. The van der Waals surface area contributed by atoms with Gasteiger partial charge in [-0.25, -0.2) is 17.5 Å². The van der Waals surface area contributed by atoms with Crippen molar-refractivity contribution in [2.45, 2.75) is 18.7 Å². The first-order valence-corrected chi connectivity index (χ1v) is 7.91. The summed E-state index contributed by atoms with van der Waals surface area (Å²) in [5, 5.41) is 0. The SMILES string of the molecule is CC(NS(=O)(=O)Cc1ccc(F)cc1)c1ccccc1. The zero-order valence-corrected chi connectivity index (χ0v) is 11.9. The Kier molecular flexibility index (Phi) is 4.52. The molecule has 0 aliphatic carbocycles. The van der Waals surface area contributed by atoms with Crippen LogP contribution in [0.5, 0.6) is 0 Å². The van der Waals surface area contributed by atoms with Crippen molar-refractivity contribution < 1.29 is 12.8 Å². The van der Waals surface area contributed by atoms with Gasteiger partial charge in [0.2, 0.25) is 10.0 Å². The van der Waals surface area contributed by atoms with Crippen LogP contribution in [-0.2, 0) is 15.8 Å². The average molecular weight is 293 g/mol. The maximum absolute atomic E-state index is 12.8. The molecule has 0 fully saturated rings.